The maximum atomic E-state index is 11.3. The van der Waals surface area contributed by atoms with Crippen molar-refractivity contribution in [2.24, 2.45) is 0 Å². The highest BCUT2D eigenvalue weighted by atomic mass is 31.2. The molecule has 0 amide bonds. The van der Waals surface area contributed by atoms with Crippen molar-refractivity contribution in [2.75, 3.05) is 0 Å². The van der Waals surface area contributed by atoms with E-state index in [9.17, 15) is 14.2 Å². The lowest BCUT2D eigenvalue weighted by molar-refractivity contribution is -0.139. The second kappa shape index (κ2) is 5.22. The lowest BCUT2D eigenvalue weighted by Crippen LogP contribution is -2.40. The number of nitrogens with one attached hydrogen (secondary N) is 2. The minimum absolute atomic E-state index is 1.16. The third-order valence-electron chi connectivity index (χ3n) is 1.48. The van der Waals surface area contributed by atoms with Crippen molar-refractivity contribution in [2.45, 2.75) is 25.9 Å². The van der Waals surface area contributed by atoms with E-state index < -0.39 is 31.7 Å². The molecule has 0 aliphatic heterocycles. The molecule has 0 heterocycles. The molecule has 0 aromatic heterocycles. The first-order chi connectivity index (χ1) is 6.65. The van der Waals surface area contributed by atoms with E-state index in [0.717, 1.165) is 13.8 Å². The first-order valence-corrected chi connectivity index (χ1v) is 5.65. The quantitative estimate of drug-likeness (QED) is 0.381. The minimum atomic E-state index is -4.17. The van der Waals surface area contributed by atoms with Gasteiger partial charge in [0.15, 0.2) is 0 Å². The minimum Gasteiger partial charge on any atom is -0.480 e. The molecule has 5 N–H and O–H groups in total. The van der Waals surface area contributed by atoms with Crippen LogP contribution in [0.15, 0.2) is 0 Å². The Hall–Kier alpha value is -0.950. The zero-order chi connectivity index (χ0) is 12.2. The van der Waals surface area contributed by atoms with Crippen LogP contribution >= 0.6 is 7.67 Å². The summed E-state index contributed by atoms with van der Waals surface area (Å²) >= 11 is 0. The highest BCUT2D eigenvalue weighted by molar-refractivity contribution is 7.53. The molecule has 0 aromatic rings. The van der Waals surface area contributed by atoms with Gasteiger partial charge in [0.1, 0.15) is 12.1 Å². The molecule has 0 aliphatic carbocycles. The number of hydrogen-bond donors (Lipinski definition) is 5. The summed E-state index contributed by atoms with van der Waals surface area (Å²) in [6.45, 7) is 2.33. The monoisotopic (exact) mass is 240 g/mol. The standard InChI is InChI=1S/C6H13N2O6P/c1-3(5(9)10)7-15(13,14)8-4(2)6(11)12/h3-4H,1-2H3,(H,9,10)(H,11,12)(H3,7,8,13,14). The third-order valence-corrected chi connectivity index (χ3v) is 2.95. The van der Waals surface area contributed by atoms with Crippen molar-refractivity contribution >= 4 is 19.6 Å². The van der Waals surface area contributed by atoms with Crippen LogP contribution in [0.25, 0.3) is 0 Å². The number of carbonyl (C=O) groups is 2. The number of rotatable bonds is 6. The highest BCUT2D eigenvalue weighted by Gasteiger charge is 2.28. The van der Waals surface area contributed by atoms with E-state index in [1.807, 2.05) is 10.2 Å². The molecule has 0 spiro atoms. The fourth-order valence-electron chi connectivity index (χ4n) is 0.673. The van der Waals surface area contributed by atoms with Gasteiger partial charge >= 0.3 is 19.6 Å². The highest BCUT2D eigenvalue weighted by Crippen LogP contribution is 2.31. The topological polar surface area (TPSA) is 136 Å². The fraction of sp³-hybridized carbons (Fsp3) is 0.667. The summed E-state index contributed by atoms with van der Waals surface area (Å²) in [7, 11) is -4.17. The van der Waals surface area contributed by atoms with Crippen LogP contribution < -0.4 is 10.2 Å². The Balaban J connectivity index is 4.37. The molecule has 0 radical (unpaired) electrons. The molecule has 9 heteroatoms. The largest absolute Gasteiger partial charge is 0.480 e. The Bertz CT molecular complexity index is 280. The van der Waals surface area contributed by atoms with Crippen LogP contribution in [0.1, 0.15) is 13.8 Å². The van der Waals surface area contributed by atoms with Crippen molar-refractivity contribution in [1.29, 1.82) is 0 Å². The molecule has 0 rings (SSSR count). The van der Waals surface area contributed by atoms with E-state index >= 15 is 0 Å². The molecule has 0 fully saturated rings. The molecule has 0 saturated heterocycles. The first kappa shape index (κ1) is 14.1. The van der Waals surface area contributed by atoms with Crippen molar-refractivity contribution < 1.29 is 29.3 Å². The number of hydrogen-bond acceptors (Lipinski definition) is 3. The van der Waals surface area contributed by atoms with E-state index in [4.69, 9.17) is 15.1 Å². The maximum Gasteiger partial charge on any atom is 0.339 e. The predicted molar refractivity (Wildman–Crippen MR) is 50.3 cm³/mol. The van der Waals surface area contributed by atoms with Gasteiger partial charge in [0.05, 0.1) is 0 Å². The van der Waals surface area contributed by atoms with Crippen molar-refractivity contribution in [3.8, 4) is 0 Å². The van der Waals surface area contributed by atoms with Gasteiger partial charge < -0.3 is 15.1 Å². The molecule has 2 unspecified atom stereocenters. The number of aliphatic carboxylic acids is 2. The summed E-state index contributed by atoms with van der Waals surface area (Å²) < 4.78 is 11.3. The van der Waals surface area contributed by atoms with Gasteiger partial charge in [-0.05, 0) is 13.8 Å². The Morgan fingerprint density at radius 3 is 1.53 bits per heavy atom. The van der Waals surface area contributed by atoms with Gasteiger partial charge in [-0.3, -0.25) is 14.2 Å². The third kappa shape index (κ3) is 5.48. The summed E-state index contributed by atoms with van der Waals surface area (Å²) in [6.07, 6.45) is 0. The summed E-state index contributed by atoms with van der Waals surface area (Å²) in [5.41, 5.74) is 0. The lowest BCUT2D eigenvalue weighted by Gasteiger charge is -2.19. The van der Waals surface area contributed by atoms with E-state index in [1.54, 1.807) is 0 Å². The average molecular weight is 240 g/mol. The first-order valence-electron chi connectivity index (χ1n) is 3.99. The van der Waals surface area contributed by atoms with E-state index in [1.165, 1.54) is 0 Å². The second-order valence-corrected chi connectivity index (χ2v) is 4.62. The van der Waals surface area contributed by atoms with E-state index in [0.29, 0.717) is 0 Å². The molecule has 15 heavy (non-hydrogen) atoms. The molecule has 8 nitrogen and oxygen atoms in total. The van der Waals surface area contributed by atoms with Gasteiger partial charge in [0.2, 0.25) is 0 Å². The van der Waals surface area contributed by atoms with E-state index in [2.05, 4.69) is 0 Å². The van der Waals surface area contributed by atoms with Crippen molar-refractivity contribution in [3.63, 3.8) is 0 Å². The maximum absolute atomic E-state index is 11.3. The van der Waals surface area contributed by atoms with Crippen LogP contribution in [0.3, 0.4) is 0 Å². The Labute approximate surface area is 85.9 Å². The molecule has 88 valence electrons. The van der Waals surface area contributed by atoms with Crippen LogP contribution in [-0.4, -0.2) is 39.1 Å². The van der Waals surface area contributed by atoms with E-state index in [-0.39, 0.29) is 0 Å². The van der Waals surface area contributed by atoms with Crippen molar-refractivity contribution in [1.82, 2.24) is 10.2 Å². The average Bonchev–Trinajstić information content (AvgIpc) is 2.01. The normalized spacial score (nSPS) is 18.9. The van der Waals surface area contributed by atoms with Gasteiger partial charge in [-0.2, -0.15) is 0 Å². The van der Waals surface area contributed by atoms with Crippen LogP contribution in [0.5, 0.6) is 0 Å². The second-order valence-electron chi connectivity index (χ2n) is 2.95. The zero-order valence-electron chi connectivity index (χ0n) is 8.17. The number of carboxylic acids is 2. The van der Waals surface area contributed by atoms with Gasteiger partial charge in [-0.15, -0.1) is 0 Å². The van der Waals surface area contributed by atoms with Gasteiger partial charge in [-0.1, -0.05) is 0 Å². The lowest BCUT2D eigenvalue weighted by atomic mass is 10.4. The van der Waals surface area contributed by atoms with Crippen LogP contribution in [0.4, 0.5) is 0 Å². The van der Waals surface area contributed by atoms with Gasteiger partial charge in [0.25, 0.3) is 0 Å². The van der Waals surface area contributed by atoms with Crippen LogP contribution in [0, 0.1) is 0 Å². The summed E-state index contributed by atoms with van der Waals surface area (Å²) in [5.74, 6) is -2.62. The fourth-order valence-corrected chi connectivity index (χ4v) is 2.02. The van der Waals surface area contributed by atoms with Crippen LogP contribution in [0.2, 0.25) is 0 Å². The van der Waals surface area contributed by atoms with Gasteiger partial charge in [0, 0.05) is 0 Å². The Kier molecular flexibility index (Phi) is 4.89. The molecule has 0 bridgehead atoms. The summed E-state index contributed by atoms with van der Waals surface area (Å²) in [4.78, 5) is 29.9. The zero-order valence-corrected chi connectivity index (χ0v) is 9.06. The van der Waals surface area contributed by atoms with Crippen LogP contribution in [-0.2, 0) is 14.2 Å². The Morgan fingerprint density at radius 2 is 1.33 bits per heavy atom. The molecule has 0 saturated carbocycles. The van der Waals surface area contributed by atoms with Gasteiger partial charge in [-0.25, -0.2) is 10.2 Å². The molecular formula is C6H13N2O6P. The summed E-state index contributed by atoms with van der Waals surface area (Å²) in [5, 5.41) is 20.7. The molecular weight excluding hydrogens is 227 g/mol. The predicted octanol–water partition coefficient (Wildman–Crippen LogP) is -0.788. The number of carboxylic acid groups (broad SMARTS) is 2. The molecule has 0 aliphatic rings. The molecule has 0 aromatic carbocycles. The Morgan fingerprint density at radius 1 is 1.07 bits per heavy atom. The molecule has 2 atom stereocenters. The smallest absolute Gasteiger partial charge is 0.339 e. The SMILES string of the molecule is CC(NP(=O)(O)NC(C)C(=O)O)C(=O)O. The summed E-state index contributed by atoms with van der Waals surface area (Å²) in [6, 6.07) is -2.51. The van der Waals surface area contributed by atoms with Crippen molar-refractivity contribution in [3.05, 3.63) is 0 Å².